The van der Waals surface area contributed by atoms with E-state index in [2.05, 4.69) is 58.6 Å². The van der Waals surface area contributed by atoms with Gasteiger partial charge in [-0.1, -0.05) is 44.2 Å². The molecule has 1 unspecified atom stereocenters. The van der Waals surface area contributed by atoms with Crippen molar-refractivity contribution < 1.29 is 0 Å². The van der Waals surface area contributed by atoms with Crippen molar-refractivity contribution in [3.63, 3.8) is 0 Å². The molecule has 0 saturated carbocycles. The minimum Gasteiger partial charge on any atom is -0.331 e. The molecular weight excluding hydrogens is 260 g/mol. The second kappa shape index (κ2) is 7.38. The highest BCUT2D eigenvalue weighted by Crippen LogP contribution is 2.24. The van der Waals surface area contributed by atoms with Gasteiger partial charge in [0.1, 0.15) is 0 Å². The molecule has 0 amide bonds. The Hall–Kier alpha value is -1.65. The third kappa shape index (κ3) is 3.71. The van der Waals surface area contributed by atoms with Crippen LogP contribution in [0.15, 0.2) is 42.9 Å². The van der Waals surface area contributed by atoms with Gasteiger partial charge in [-0.3, -0.25) is 4.90 Å². The van der Waals surface area contributed by atoms with Gasteiger partial charge in [-0.15, -0.1) is 0 Å². The number of nitrogens with two attached hydrogens (primary N) is 1. The Morgan fingerprint density at radius 1 is 1.19 bits per heavy atom. The van der Waals surface area contributed by atoms with Gasteiger partial charge in [0.2, 0.25) is 0 Å². The molecular formula is C17H26N4. The highest BCUT2D eigenvalue weighted by atomic mass is 15.2. The van der Waals surface area contributed by atoms with Crippen LogP contribution < -0.4 is 5.73 Å². The zero-order valence-electron chi connectivity index (χ0n) is 13.2. The Kier molecular flexibility index (Phi) is 5.53. The van der Waals surface area contributed by atoms with Crippen LogP contribution in [0.1, 0.15) is 44.1 Å². The summed E-state index contributed by atoms with van der Waals surface area (Å²) in [4.78, 5) is 6.74. The number of hydrogen-bond donors (Lipinski definition) is 1. The van der Waals surface area contributed by atoms with E-state index in [0.717, 1.165) is 25.3 Å². The van der Waals surface area contributed by atoms with Gasteiger partial charge in [-0.25, -0.2) is 4.98 Å². The fourth-order valence-corrected chi connectivity index (χ4v) is 2.82. The molecule has 2 rings (SSSR count). The van der Waals surface area contributed by atoms with Crippen molar-refractivity contribution >= 4 is 0 Å². The van der Waals surface area contributed by atoms with Gasteiger partial charge < -0.3 is 10.3 Å². The smallest absolute Gasteiger partial charge is 0.0949 e. The molecule has 0 aliphatic carbocycles. The number of imidazole rings is 1. The topological polar surface area (TPSA) is 47.1 Å². The molecule has 114 valence electrons. The standard InChI is InChI=1S/C17H26N4/c1-4-20(5-2)17(15-9-7-6-8-10-15)12-21-13-19-11-16(21)14(3)18/h6-11,13-14,17H,4-5,12,18H2,1-3H3/t14-,17?/m1/s1. The molecule has 0 saturated heterocycles. The SMILES string of the molecule is CCN(CC)C(Cn1cncc1[C@@H](C)N)c1ccccc1. The van der Waals surface area contributed by atoms with Crippen molar-refractivity contribution in [3.8, 4) is 0 Å². The monoisotopic (exact) mass is 286 g/mol. The van der Waals surface area contributed by atoms with E-state index in [-0.39, 0.29) is 6.04 Å². The molecule has 4 nitrogen and oxygen atoms in total. The molecule has 4 heteroatoms. The Morgan fingerprint density at radius 2 is 1.86 bits per heavy atom. The van der Waals surface area contributed by atoms with Crippen LogP contribution in [0.25, 0.3) is 0 Å². The average molecular weight is 286 g/mol. The first-order valence-corrected chi connectivity index (χ1v) is 7.71. The summed E-state index contributed by atoms with van der Waals surface area (Å²) in [5.41, 5.74) is 8.46. The lowest BCUT2D eigenvalue weighted by Gasteiger charge is -2.31. The highest BCUT2D eigenvalue weighted by molar-refractivity contribution is 5.19. The lowest BCUT2D eigenvalue weighted by atomic mass is 10.0. The van der Waals surface area contributed by atoms with Gasteiger partial charge in [0.15, 0.2) is 0 Å². The Morgan fingerprint density at radius 3 is 2.43 bits per heavy atom. The summed E-state index contributed by atoms with van der Waals surface area (Å²) in [5.74, 6) is 0. The summed E-state index contributed by atoms with van der Waals surface area (Å²) in [6.07, 6.45) is 3.76. The predicted molar refractivity (Wildman–Crippen MR) is 86.9 cm³/mol. The first-order valence-electron chi connectivity index (χ1n) is 7.71. The zero-order chi connectivity index (χ0) is 15.2. The van der Waals surface area contributed by atoms with E-state index in [1.807, 2.05) is 19.4 Å². The number of rotatable bonds is 7. The average Bonchev–Trinajstić information content (AvgIpc) is 2.97. The molecule has 1 heterocycles. The fraction of sp³-hybridized carbons (Fsp3) is 0.471. The van der Waals surface area contributed by atoms with E-state index < -0.39 is 0 Å². The van der Waals surface area contributed by atoms with Gasteiger partial charge in [-0.05, 0) is 25.6 Å². The van der Waals surface area contributed by atoms with Crippen LogP contribution in [0.4, 0.5) is 0 Å². The maximum Gasteiger partial charge on any atom is 0.0949 e. The summed E-state index contributed by atoms with van der Waals surface area (Å²) in [7, 11) is 0. The van der Waals surface area contributed by atoms with Crippen LogP contribution in [0.2, 0.25) is 0 Å². The zero-order valence-corrected chi connectivity index (χ0v) is 13.2. The molecule has 2 N–H and O–H groups in total. The third-order valence-electron chi connectivity index (χ3n) is 4.02. The number of benzene rings is 1. The van der Waals surface area contributed by atoms with Crippen molar-refractivity contribution in [1.82, 2.24) is 14.5 Å². The van der Waals surface area contributed by atoms with Crippen LogP contribution >= 0.6 is 0 Å². The number of hydrogen-bond acceptors (Lipinski definition) is 3. The van der Waals surface area contributed by atoms with E-state index >= 15 is 0 Å². The van der Waals surface area contributed by atoms with Crippen LogP contribution in [0.3, 0.4) is 0 Å². The molecule has 0 fully saturated rings. The van der Waals surface area contributed by atoms with Gasteiger partial charge in [-0.2, -0.15) is 0 Å². The molecule has 2 aromatic rings. The van der Waals surface area contributed by atoms with E-state index in [1.54, 1.807) is 0 Å². The fourth-order valence-electron chi connectivity index (χ4n) is 2.82. The molecule has 1 aromatic heterocycles. The van der Waals surface area contributed by atoms with Crippen molar-refractivity contribution in [2.24, 2.45) is 5.73 Å². The van der Waals surface area contributed by atoms with Gasteiger partial charge in [0.25, 0.3) is 0 Å². The normalized spacial score (nSPS) is 14.3. The van der Waals surface area contributed by atoms with Gasteiger partial charge in [0, 0.05) is 18.8 Å². The third-order valence-corrected chi connectivity index (χ3v) is 4.02. The molecule has 0 spiro atoms. The first kappa shape index (κ1) is 15.7. The van der Waals surface area contributed by atoms with E-state index in [9.17, 15) is 0 Å². The maximum absolute atomic E-state index is 6.04. The van der Waals surface area contributed by atoms with E-state index in [1.165, 1.54) is 5.56 Å². The van der Waals surface area contributed by atoms with Crippen molar-refractivity contribution in [3.05, 3.63) is 54.1 Å². The molecule has 0 aliphatic rings. The van der Waals surface area contributed by atoms with Crippen molar-refractivity contribution in [2.45, 2.75) is 39.4 Å². The number of likely N-dealkylation sites (N-methyl/N-ethyl adjacent to an activating group) is 1. The summed E-state index contributed by atoms with van der Waals surface area (Å²) >= 11 is 0. The van der Waals surface area contributed by atoms with Crippen LogP contribution in [-0.4, -0.2) is 27.5 Å². The Balaban J connectivity index is 2.30. The second-order valence-corrected chi connectivity index (χ2v) is 5.41. The molecule has 1 aromatic carbocycles. The predicted octanol–water partition coefficient (Wildman–Crippen LogP) is 2.99. The first-order chi connectivity index (χ1) is 10.2. The Bertz CT molecular complexity index is 529. The quantitative estimate of drug-likeness (QED) is 0.851. The minimum atomic E-state index is 0.000580. The van der Waals surface area contributed by atoms with Crippen LogP contribution in [-0.2, 0) is 6.54 Å². The molecule has 0 aliphatic heterocycles. The van der Waals surface area contributed by atoms with E-state index in [0.29, 0.717) is 6.04 Å². The molecule has 21 heavy (non-hydrogen) atoms. The summed E-state index contributed by atoms with van der Waals surface area (Å²) in [5, 5.41) is 0. The largest absolute Gasteiger partial charge is 0.331 e. The Labute approximate surface area is 127 Å². The van der Waals surface area contributed by atoms with E-state index in [4.69, 9.17) is 5.73 Å². The maximum atomic E-state index is 6.04. The van der Waals surface area contributed by atoms with Crippen molar-refractivity contribution in [2.75, 3.05) is 13.1 Å². The lowest BCUT2D eigenvalue weighted by Crippen LogP contribution is -2.32. The van der Waals surface area contributed by atoms with Crippen molar-refractivity contribution in [1.29, 1.82) is 0 Å². The lowest BCUT2D eigenvalue weighted by molar-refractivity contribution is 0.196. The molecule has 0 radical (unpaired) electrons. The van der Waals surface area contributed by atoms with Crippen LogP contribution in [0, 0.1) is 0 Å². The van der Waals surface area contributed by atoms with Gasteiger partial charge in [0.05, 0.1) is 18.1 Å². The number of nitrogens with zero attached hydrogens (tertiary/aromatic N) is 3. The number of aromatic nitrogens is 2. The minimum absolute atomic E-state index is 0.000580. The molecule has 0 bridgehead atoms. The summed E-state index contributed by atoms with van der Waals surface area (Å²) in [6.45, 7) is 9.35. The van der Waals surface area contributed by atoms with Gasteiger partial charge >= 0.3 is 0 Å². The molecule has 2 atom stereocenters. The summed E-state index contributed by atoms with van der Waals surface area (Å²) in [6, 6.07) is 11.0. The van der Waals surface area contributed by atoms with Crippen LogP contribution in [0.5, 0.6) is 0 Å². The summed E-state index contributed by atoms with van der Waals surface area (Å²) < 4.78 is 2.18. The highest BCUT2D eigenvalue weighted by Gasteiger charge is 2.20. The second-order valence-electron chi connectivity index (χ2n) is 5.41.